The molecule has 3 fully saturated rings. The van der Waals surface area contributed by atoms with Crippen LogP contribution < -0.4 is 0 Å². The summed E-state index contributed by atoms with van der Waals surface area (Å²) in [5.74, 6) is 1.83. The lowest BCUT2D eigenvalue weighted by Crippen LogP contribution is -2.50. The van der Waals surface area contributed by atoms with Crippen LogP contribution in [0.25, 0.3) is 0 Å². The molecule has 0 aliphatic heterocycles. The van der Waals surface area contributed by atoms with E-state index in [2.05, 4.69) is 13.8 Å². The van der Waals surface area contributed by atoms with Crippen LogP contribution in [0.5, 0.6) is 0 Å². The minimum atomic E-state index is -0.744. The van der Waals surface area contributed by atoms with Crippen LogP contribution in [0, 0.1) is 28.6 Å². The Bertz CT molecular complexity index is 577. The van der Waals surface area contributed by atoms with E-state index in [4.69, 9.17) is 0 Å². The molecule has 4 aliphatic carbocycles. The van der Waals surface area contributed by atoms with E-state index in [9.17, 15) is 14.7 Å². The molecular weight excluding hydrogens is 276 g/mol. The fourth-order valence-corrected chi connectivity index (χ4v) is 6.35. The van der Waals surface area contributed by atoms with Crippen molar-refractivity contribution in [3.63, 3.8) is 0 Å². The Kier molecular flexibility index (Phi) is 3.01. The van der Waals surface area contributed by atoms with Crippen molar-refractivity contribution >= 4 is 11.6 Å². The van der Waals surface area contributed by atoms with E-state index in [0.717, 1.165) is 32.1 Å². The van der Waals surface area contributed by atoms with Gasteiger partial charge < -0.3 is 5.11 Å². The highest BCUT2D eigenvalue weighted by Crippen LogP contribution is 2.64. The molecular formula is C19H26O3. The molecule has 6 atom stereocenters. The zero-order valence-corrected chi connectivity index (χ0v) is 13.6. The lowest BCUT2D eigenvalue weighted by Gasteiger charge is -2.56. The second kappa shape index (κ2) is 4.53. The second-order valence-corrected chi connectivity index (χ2v) is 8.54. The first-order valence-electron chi connectivity index (χ1n) is 8.82. The molecule has 0 bridgehead atoms. The predicted octanol–water partition coefficient (Wildman–Crippen LogP) is 3.06. The van der Waals surface area contributed by atoms with E-state index in [1.165, 1.54) is 5.57 Å². The number of aliphatic hydroxyl groups excluding tert-OH is 1. The minimum absolute atomic E-state index is 0.0845. The monoisotopic (exact) mass is 302 g/mol. The van der Waals surface area contributed by atoms with Gasteiger partial charge in [0, 0.05) is 11.8 Å². The van der Waals surface area contributed by atoms with Crippen molar-refractivity contribution in [2.45, 2.75) is 64.9 Å². The molecule has 4 aliphatic rings. The van der Waals surface area contributed by atoms with Gasteiger partial charge in [0.2, 0.25) is 0 Å². The number of Topliss-reactive ketones (excluding diaryl/α,β-unsaturated/α-hetero) is 1. The summed E-state index contributed by atoms with van der Waals surface area (Å²) in [7, 11) is 0. The minimum Gasteiger partial charge on any atom is -0.385 e. The van der Waals surface area contributed by atoms with Crippen LogP contribution in [0.3, 0.4) is 0 Å². The van der Waals surface area contributed by atoms with Crippen molar-refractivity contribution in [1.29, 1.82) is 0 Å². The van der Waals surface area contributed by atoms with Crippen molar-refractivity contribution < 1.29 is 14.7 Å². The predicted molar refractivity (Wildman–Crippen MR) is 83.1 cm³/mol. The highest BCUT2D eigenvalue weighted by atomic mass is 16.3. The highest BCUT2D eigenvalue weighted by Gasteiger charge is 2.61. The number of fused-ring (bicyclic) bond motifs is 5. The number of carbonyl (C=O) groups is 2. The maximum atomic E-state index is 12.4. The van der Waals surface area contributed by atoms with Crippen molar-refractivity contribution in [1.82, 2.24) is 0 Å². The molecule has 22 heavy (non-hydrogen) atoms. The molecule has 0 radical (unpaired) electrons. The Morgan fingerprint density at radius 3 is 2.59 bits per heavy atom. The summed E-state index contributed by atoms with van der Waals surface area (Å²) < 4.78 is 0. The molecule has 0 aromatic rings. The van der Waals surface area contributed by atoms with Gasteiger partial charge >= 0.3 is 0 Å². The Morgan fingerprint density at radius 1 is 1.05 bits per heavy atom. The molecule has 0 saturated heterocycles. The van der Waals surface area contributed by atoms with Gasteiger partial charge in [0.05, 0.1) is 0 Å². The molecule has 0 spiro atoms. The summed E-state index contributed by atoms with van der Waals surface area (Å²) in [4.78, 5) is 24.2. The highest BCUT2D eigenvalue weighted by molar-refractivity contribution is 5.92. The van der Waals surface area contributed by atoms with Gasteiger partial charge in [-0.2, -0.15) is 0 Å². The molecule has 0 aromatic carbocycles. The lowest BCUT2D eigenvalue weighted by atomic mass is 9.47. The zero-order chi connectivity index (χ0) is 15.7. The van der Waals surface area contributed by atoms with Crippen molar-refractivity contribution in [3.05, 3.63) is 11.6 Å². The van der Waals surface area contributed by atoms with E-state index in [1.54, 1.807) is 0 Å². The van der Waals surface area contributed by atoms with Crippen molar-refractivity contribution in [3.8, 4) is 0 Å². The maximum Gasteiger partial charge on any atom is 0.167 e. The summed E-state index contributed by atoms with van der Waals surface area (Å²) in [6.45, 7) is 4.43. The molecule has 0 aromatic heterocycles. The lowest BCUT2D eigenvalue weighted by molar-refractivity contribution is -0.137. The molecule has 0 unspecified atom stereocenters. The number of aliphatic hydroxyl groups is 1. The van der Waals surface area contributed by atoms with Gasteiger partial charge in [-0.1, -0.05) is 19.4 Å². The Balaban J connectivity index is 1.70. The summed E-state index contributed by atoms with van der Waals surface area (Å²) >= 11 is 0. The third-order valence-electron chi connectivity index (χ3n) is 7.69. The standard InChI is InChI=1S/C19H26O3/c1-18-7-5-12(20)9-11(18)3-4-13-14(18)6-8-19(2)15(13)10-16(21)17(19)22/h9,13-16,21H,3-8,10H2,1-2H3/t13-,14-,15+,16-,18+,19-/m1/s1. The van der Waals surface area contributed by atoms with Crippen LogP contribution in [0.1, 0.15) is 58.8 Å². The Hall–Kier alpha value is -0.960. The Morgan fingerprint density at radius 2 is 1.82 bits per heavy atom. The summed E-state index contributed by atoms with van der Waals surface area (Å²) in [6, 6.07) is 0. The molecule has 0 heterocycles. The van der Waals surface area contributed by atoms with Crippen LogP contribution in [-0.4, -0.2) is 22.8 Å². The topological polar surface area (TPSA) is 54.4 Å². The molecule has 3 nitrogen and oxygen atoms in total. The number of hydrogen-bond acceptors (Lipinski definition) is 3. The van der Waals surface area contributed by atoms with E-state index >= 15 is 0 Å². The van der Waals surface area contributed by atoms with Crippen molar-refractivity contribution in [2.24, 2.45) is 28.6 Å². The number of carbonyl (C=O) groups excluding carboxylic acids is 2. The Labute approximate surface area is 132 Å². The third kappa shape index (κ3) is 1.72. The van der Waals surface area contributed by atoms with Crippen molar-refractivity contribution in [2.75, 3.05) is 0 Å². The van der Waals surface area contributed by atoms with Gasteiger partial charge in [-0.3, -0.25) is 9.59 Å². The maximum absolute atomic E-state index is 12.4. The fourth-order valence-electron chi connectivity index (χ4n) is 6.35. The van der Waals surface area contributed by atoms with Gasteiger partial charge in [0.15, 0.2) is 11.6 Å². The van der Waals surface area contributed by atoms with Gasteiger partial charge in [0.25, 0.3) is 0 Å². The number of hydrogen-bond donors (Lipinski definition) is 1. The first kappa shape index (κ1) is 14.6. The van der Waals surface area contributed by atoms with E-state index in [-0.39, 0.29) is 22.4 Å². The quantitative estimate of drug-likeness (QED) is 0.748. The summed E-state index contributed by atoms with van der Waals surface area (Å²) in [5.41, 5.74) is 1.20. The third-order valence-corrected chi connectivity index (χ3v) is 7.69. The van der Waals surface area contributed by atoms with Gasteiger partial charge in [0.1, 0.15) is 6.10 Å². The largest absolute Gasteiger partial charge is 0.385 e. The van der Waals surface area contributed by atoms with Crippen LogP contribution in [0.4, 0.5) is 0 Å². The number of ketones is 2. The molecule has 0 amide bonds. The average Bonchev–Trinajstić information content (AvgIpc) is 2.72. The zero-order valence-electron chi connectivity index (χ0n) is 13.6. The van der Waals surface area contributed by atoms with E-state index in [1.807, 2.05) is 6.08 Å². The first-order chi connectivity index (χ1) is 10.4. The van der Waals surface area contributed by atoms with Gasteiger partial charge in [-0.05, 0) is 67.8 Å². The SMILES string of the molecule is C[C@]12CCC(=O)C=C1CC[C@@H]1[C@H]2CC[C@@]2(C)C(=O)[C@H](O)C[C@@H]12. The molecule has 3 heteroatoms. The molecule has 120 valence electrons. The molecule has 1 N–H and O–H groups in total. The van der Waals surface area contributed by atoms with E-state index < -0.39 is 6.10 Å². The van der Waals surface area contributed by atoms with Crippen LogP contribution in [0.2, 0.25) is 0 Å². The second-order valence-electron chi connectivity index (χ2n) is 8.54. The van der Waals surface area contributed by atoms with Gasteiger partial charge in [-0.25, -0.2) is 0 Å². The van der Waals surface area contributed by atoms with Crippen LogP contribution in [-0.2, 0) is 9.59 Å². The average molecular weight is 302 g/mol. The normalized spacial score (nSPS) is 51.0. The smallest absolute Gasteiger partial charge is 0.167 e. The molecule has 3 saturated carbocycles. The number of allylic oxidation sites excluding steroid dienone is 1. The molecule has 4 rings (SSSR count). The first-order valence-corrected chi connectivity index (χ1v) is 8.82. The summed E-state index contributed by atoms with van der Waals surface area (Å²) in [5, 5.41) is 10.1. The van der Waals surface area contributed by atoms with E-state index in [0.29, 0.717) is 30.6 Å². The summed E-state index contributed by atoms with van der Waals surface area (Å²) in [6.07, 6.45) is 7.54. The fraction of sp³-hybridized carbons (Fsp3) is 0.789. The number of rotatable bonds is 0. The van der Waals surface area contributed by atoms with Gasteiger partial charge in [-0.15, -0.1) is 0 Å². The van der Waals surface area contributed by atoms with Crippen LogP contribution in [0.15, 0.2) is 11.6 Å². The van der Waals surface area contributed by atoms with Crippen LogP contribution >= 0.6 is 0 Å².